The van der Waals surface area contributed by atoms with Gasteiger partial charge in [-0.3, -0.25) is 0 Å². The molecule has 5 heteroatoms. The lowest BCUT2D eigenvalue weighted by Crippen LogP contribution is -2.41. The Bertz CT molecular complexity index is 477. The Hall–Kier alpha value is -1.36. The Morgan fingerprint density at radius 3 is 2.38 bits per heavy atom. The van der Waals surface area contributed by atoms with E-state index in [9.17, 15) is 0 Å². The number of aromatic nitrogens is 2. The molecule has 0 spiro atoms. The van der Waals surface area contributed by atoms with E-state index in [2.05, 4.69) is 41.6 Å². The van der Waals surface area contributed by atoms with Crippen molar-refractivity contribution in [2.75, 3.05) is 49.2 Å². The van der Waals surface area contributed by atoms with E-state index in [1.807, 2.05) is 0 Å². The van der Waals surface area contributed by atoms with Gasteiger partial charge in [-0.05, 0) is 25.2 Å². The van der Waals surface area contributed by atoms with E-state index in [0.29, 0.717) is 11.8 Å². The fourth-order valence-electron chi connectivity index (χ4n) is 3.46. The lowest BCUT2D eigenvalue weighted by Gasteiger charge is -2.36. The van der Waals surface area contributed by atoms with Crippen LogP contribution in [-0.2, 0) is 4.74 Å². The third-order valence-electron chi connectivity index (χ3n) is 4.32. The normalized spacial score (nSPS) is 27.0. The maximum atomic E-state index is 5.43. The molecular formula is C16H26N4O. The highest BCUT2D eigenvalue weighted by molar-refractivity contribution is 5.46. The van der Waals surface area contributed by atoms with Gasteiger partial charge in [-0.1, -0.05) is 13.8 Å². The minimum atomic E-state index is 0.713. The van der Waals surface area contributed by atoms with Crippen molar-refractivity contribution >= 4 is 11.8 Å². The number of anilines is 2. The summed E-state index contributed by atoms with van der Waals surface area (Å²) in [5.74, 6) is 3.37. The fraction of sp³-hybridized carbons (Fsp3) is 0.750. The average molecular weight is 290 g/mol. The minimum absolute atomic E-state index is 0.713. The van der Waals surface area contributed by atoms with Crippen LogP contribution in [0.15, 0.2) is 6.07 Å². The highest BCUT2D eigenvalue weighted by Gasteiger charge is 2.24. The highest BCUT2D eigenvalue weighted by atomic mass is 16.5. The summed E-state index contributed by atoms with van der Waals surface area (Å²) in [6.45, 7) is 12.2. The van der Waals surface area contributed by atoms with E-state index in [0.717, 1.165) is 56.9 Å². The average Bonchev–Trinajstić information content (AvgIpc) is 2.46. The third kappa shape index (κ3) is 3.46. The first kappa shape index (κ1) is 14.6. The topological polar surface area (TPSA) is 41.5 Å². The van der Waals surface area contributed by atoms with Gasteiger partial charge >= 0.3 is 0 Å². The second-order valence-electron chi connectivity index (χ2n) is 6.62. The smallest absolute Gasteiger partial charge is 0.227 e. The van der Waals surface area contributed by atoms with Gasteiger partial charge in [0.15, 0.2) is 0 Å². The Morgan fingerprint density at radius 2 is 1.71 bits per heavy atom. The molecule has 2 saturated heterocycles. The molecule has 2 atom stereocenters. The number of hydrogen-bond acceptors (Lipinski definition) is 5. The van der Waals surface area contributed by atoms with Crippen molar-refractivity contribution in [3.05, 3.63) is 11.8 Å². The molecular weight excluding hydrogens is 264 g/mol. The van der Waals surface area contributed by atoms with Crippen molar-refractivity contribution in [1.29, 1.82) is 0 Å². The summed E-state index contributed by atoms with van der Waals surface area (Å²) in [5, 5.41) is 0. The Balaban J connectivity index is 1.83. The van der Waals surface area contributed by atoms with Crippen LogP contribution in [0.1, 0.15) is 26.0 Å². The van der Waals surface area contributed by atoms with Crippen LogP contribution in [0, 0.1) is 18.8 Å². The lowest BCUT2D eigenvalue weighted by atomic mass is 9.92. The number of ether oxygens (including phenoxy) is 1. The van der Waals surface area contributed by atoms with Gasteiger partial charge in [-0.2, -0.15) is 4.98 Å². The summed E-state index contributed by atoms with van der Waals surface area (Å²) in [7, 11) is 0. The van der Waals surface area contributed by atoms with Crippen molar-refractivity contribution in [1.82, 2.24) is 9.97 Å². The number of rotatable bonds is 2. The molecule has 0 N–H and O–H groups in total. The van der Waals surface area contributed by atoms with Crippen LogP contribution in [0.25, 0.3) is 0 Å². The molecule has 0 bridgehead atoms. The molecule has 0 radical (unpaired) electrons. The van der Waals surface area contributed by atoms with Gasteiger partial charge < -0.3 is 14.5 Å². The van der Waals surface area contributed by atoms with E-state index in [1.165, 1.54) is 6.42 Å². The molecule has 1 aromatic heterocycles. The monoisotopic (exact) mass is 290 g/mol. The van der Waals surface area contributed by atoms with Crippen molar-refractivity contribution in [2.24, 2.45) is 11.8 Å². The predicted molar refractivity (Wildman–Crippen MR) is 85.0 cm³/mol. The molecule has 1 aromatic rings. The van der Waals surface area contributed by atoms with Gasteiger partial charge in [-0.15, -0.1) is 0 Å². The molecule has 2 fully saturated rings. The summed E-state index contributed by atoms with van der Waals surface area (Å²) < 4.78 is 5.43. The first-order chi connectivity index (χ1) is 10.1. The molecule has 0 saturated carbocycles. The van der Waals surface area contributed by atoms with Crippen LogP contribution < -0.4 is 9.80 Å². The van der Waals surface area contributed by atoms with E-state index in [4.69, 9.17) is 9.72 Å². The molecule has 2 unspecified atom stereocenters. The number of morpholine rings is 1. The summed E-state index contributed by atoms with van der Waals surface area (Å²) >= 11 is 0. The van der Waals surface area contributed by atoms with Gasteiger partial charge in [0.1, 0.15) is 5.82 Å². The second kappa shape index (κ2) is 6.18. The van der Waals surface area contributed by atoms with Crippen molar-refractivity contribution in [2.45, 2.75) is 27.2 Å². The van der Waals surface area contributed by atoms with Crippen LogP contribution in [-0.4, -0.2) is 49.4 Å². The first-order valence-electron chi connectivity index (χ1n) is 8.05. The molecule has 0 amide bonds. The van der Waals surface area contributed by atoms with Gasteiger partial charge in [0.25, 0.3) is 0 Å². The molecule has 0 aromatic carbocycles. The summed E-state index contributed by atoms with van der Waals surface area (Å²) in [6.07, 6.45) is 1.30. The summed E-state index contributed by atoms with van der Waals surface area (Å²) in [4.78, 5) is 14.2. The number of hydrogen-bond donors (Lipinski definition) is 0. The van der Waals surface area contributed by atoms with Crippen LogP contribution in [0.5, 0.6) is 0 Å². The Kier molecular flexibility index (Phi) is 4.29. The van der Waals surface area contributed by atoms with Crippen LogP contribution >= 0.6 is 0 Å². The Labute approximate surface area is 127 Å². The maximum absolute atomic E-state index is 5.43. The Morgan fingerprint density at radius 1 is 1.05 bits per heavy atom. The number of nitrogens with zero attached hydrogens (tertiary/aromatic N) is 4. The van der Waals surface area contributed by atoms with Gasteiger partial charge in [-0.25, -0.2) is 4.98 Å². The van der Waals surface area contributed by atoms with Gasteiger partial charge in [0.2, 0.25) is 5.95 Å². The van der Waals surface area contributed by atoms with E-state index in [-0.39, 0.29) is 0 Å². The molecule has 21 heavy (non-hydrogen) atoms. The van der Waals surface area contributed by atoms with Gasteiger partial charge in [0, 0.05) is 37.9 Å². The van der Waals surface area contributed by atoms with E-state index < -0.39 is 0 Å². The molecule has 116 valence electrons. The minimum Gasteiger partial charge on any atom is -0.378 e. The standard InChI is InChI=1S/C16H26N4O/c1-12-8-13(2)11-20(10-12)16-17-14(3)9-15(18-16)19-4-6-21-7-5-19/h9,12-13H,4-8,10-11H2,1-3H3. The van der Waals surface area contributed by atoms with Gasteiger partial charge in [0.05, 0.1) is 13.2 Å². The molecule has 2 aliphatic rings. The number of piperidine rings is 1. The zero-order valence-corrected chi connectivity index (χ0v) is 13.4. The lowest BCUT2D eigenvalue weighted by molar-refractivity contribution is 0.122. The summed E-state index contributed by atoms with van der Waals surface area (Å²) in [6, 6.07) is 2.09. The number of aryl methyl sites for hydroxylation is 1. The van der Waals surface area contributed by atoms with E-state index in [1.54, 1.807) is 0 Å². The van der Waals surface area contributed by atoms with E-state index >= 15 is 0 Å². The molecule has 0 aliphatic carbocycles. The second-order valence-corrected chi connectivity index (χ2v) is 6.62. The maximum Gasteiger partial charge on any atom is 0.227 e. The molecule has 3 heterocycles. The SMILES string of the molecule is Cc1cc(N2CCOCC2)nc(N2CC(C)CC(C)C2)n1. The predicted octanol–water partition coefficient (Wildman–Crippen LogP) is 2.10. The molecule has 5 nitrogen and oxygen atoms in total. The van der Waals surface area contributed by atoms with Crippen molar-refractivity contribution in [3.8, 4) is 0 Å². The van der Waals surface area contributed by atoms with Crippen LogP contribution in [0.3, 0.4) is 0 Å². The largest absolute Gasteiger partial charge is 0.378 e. The first-order valence-corrected chi connectivity index (χ1v) is 8.05. The van der Waals surface area contributed by atoms with Crippen molar-refractivity contribution < 1.29 is 4.74 Å². The van der Waals surface area contributed by atoms with Crippen LogP contribution in [0.4, 0.5) is 11.8 Å². The zero-order valence-electron chi connectivity index (χ0n) is 13.4. The van der Waals surface area contributed by atoms with Crippen LogP contribution in [0.2, 0.25) is 0 Å². The zero-order chi connectivity index (χ0) is 14.8. The quantitative estimate of drug-likeness (QED) is 0.834. The summed E-state index contributed by atoms with van der Waals surface area (Å²) in [5.41, 5.74) is 1.05. The molecule has 2 aliphatic heterocycles. The molecule has 3 rings (SSSR count). The van der Waals surface area contributed by atoms with Crippen molar-refractivity contribution in [3.63, 3.8) is 0 Å². The highest BCUT2D eigenvalue weighted by Crippen LogP contribution is 2.26. The third-order valence-corrected chi connectivity index (χ3v) is 4.32. The fourth-order valence-corrected chi connectivity index (χ4v) is 3.46.